The molecule has 0 radical (unpaired) electrons. The summed E-state index contributed by atoms with van der Waals surface area (Å²) in [5.74, 6) is 0.887. The van der Waals surface area contributed by atoms with Crippen LogP contribution in [0.3, 0.4) is 0 Å². The van der Waals surface area contributed by atoms with Crippen LogP contribution in [0.1, 0.15) is 52.4 Å². The zero-order chi connectivity index (χ0) is 15.4. The zero-order valence-corrected chi connectivity index (χ0v) is 14.4. The van der Waals surface area contributed by atoms with E-state index in [4.69, 9.17) is 12.2 Å². The van der Waals surface area contributed by atoms with Crippen LogP contribution in [0.25, 0.3) is 0 Å². The number of anilines is 1. The molecule has 4 saturated carbocycles. The second-order valence-corrected chi connectivity index (χ2v) is 9.26. The number of hydrogen-bond acceptors (Lipinski definition) is 1. The molecule has 4 aliphatic carbocycles. The topological polar surface area (TPSA) is 24.1 Å². The summed E-state index contributed by atoms with van der Waals surface area (Å²) in [7, 11) is 0. The van der Waals surface area contributed by atoms with Crippen molar-refractivity contribution in [2.24, 2.45) is 16.7 Å². The van der Waals surface area contributed by atoms with Crippen LogP contribution < -0.4 is 10.6 Å². The van der Waals surface area contributed by atoms with E-state index in [2.05, 4.69) is 36.6 Å². The summed E-state index contributed by atoms with van der Waals surface area (Å²) >= 11 is 5.62. The van der Waals surface area contributed by atoms with E-state index in [-0.39, 0.29) is 5.54 Å². The summed E-state index contributed by atoms with van der Waals surface area (Å²) in [6.07, 6.45) is 8.11. The number of benzene rings is 1. The highest BCUT2D eigenvalue weighted by molar-refractivity contribution is 7.80. The molecule has 2 atom stereocenters. The quantitative estimate of drug-likeness (QED) is 0.772. The van der Waals surface area contributed by atoms with E-state index in [0.717, 1.165) is 16.7 Å². The lowest BCUT2D eigenvalue weighted by Gasteiger charge is -2.65. The van der Waals surface area contributed by atoms with Crippen LogP contribution in [-0.4, -0.2) is 10.7 Å². The molecule has 2 N–H and O–H groups in total. The van der Waals surface area contributed by atoms with Crippen molar-refractivity contribution in [1.82, 2.24) is 5.32 Å². The molecular formula is C19H26N2S. The summed E-state index contributed by atoms with van der Waals surface area (Å²) in [4.78, 5) is 0. The highest BCUT2D eigenvalue weighted by atomic mass is 32.1. The number of thiocarbonyl (C=S) groups is 1. The molecule has 118 valence electrons. The minimum atomic E-state index is 0.224. The molecule has 1 aromatic rings. The third-order valence-corrected chi connectivity index (χ3v) is 6.24. The van der Waals surface area contributed by atoms with Gasteiger partial charge in [0.25, 0.3) is 0 Å². The average molecular weight is 314 g/mol. The molecular weight excluding hydrogens is 288 g/mol. The van der Waals surface area contributed by atoms with E-state index >= 15 is 0 Å². The molecule has 0 aromatic heterocycles. The van der Waals surface area contributed by atoms with Crippen molar-refractivity contribution >= 4 is 23.0 Å². The molecule has 0 heterocycles. The van der Waals surface area contributed by atoms with Gasteiger partial charge >= 0.3 is 0 Å². The molecule has 5 rings (SSSR count). The molecule has 1 aromatic carbocycles. The first-order valence-corrected chi connectivity index (χ1v) is 8.93. The average Bonchev–Trinajstić information content (AvgIpc) is 2.34. The van der Waals surface area contributed by atoms with Crippen LogP contribution in [0.2, 0.25) is 0 Å². The Balaban J connectivity index is 1.51. The Kier molecular flexibility index (Phi) is 3.10. The fraction of sp³-hybridized carbons (Fsp3) is 0.632. The third kappa shape index (κ3) is 2.54. The van der Waals surface area contributed by atoms with Crippen molar-refractivity contribution < 1.29 is 0 Å². The standard InChI is InChI=1S/C19H26N2S/c1-17-8-14-9-18(2,11-17)13-19(10-14,12-17)21-16(22)20-15-6-4-3-5-7-15/h3-7,14H,8-13H2,1-2H3,(H2,20,21,22)/t14?,17-,18-,19?/m0/s1. The molecule has 22 heavy (non-hydrogen) atoms. The zero-order valence-electron chi connectivity index (χ0n) is 13.6. The lowest BCUT2D eigenvalue weighted by molar-refractivity contribution is -0.111. The van der Waals surface area contributed by atoms with Crippen LogP contribution in [0.15, 0.2) is 30.3 Å². The molecule has 3 heteroatoms. The lowest BCUT2D eigenvalue weighted by Crippen LogP contribution is -2.65. The number of para-hydroxylation sites is 1. The van der Waals surface area contributed by atoms with Crippen LogP contribution in [0.4, 0.5) is 5.69 Å². The molecule has 0 aliphatic heterocycles. The first-order valence-electron chi connectivity index (χ1n) is 8.52. The summed E-state index contributed by atoms with van der Waals surface area (Å²) < 4.78 is 0. The Labute approximate surface area is 139 Å². The predicted octanol–water partition coefficient (Wildman–Crippen LogP) is 4.72. The highest BCUT2D eigenvalue weighted by Crippen LogP contribution is 2.66. The largest absolute Gasteiger partial charge is 0.357 e. The predicted molar refractivity (Wildman–Crippen MR) is 95.9 cm³/mol. The Bertz CT molecular complexity index is 579. The maximum absolute atomic E-state index is 5.62. The summed E-state index contributed by atoms with van der Waals surface area (Å²) in [6, 6.07) is 10.2. The number of rotatable bonds is 2. The van der Waals surface area contributed by atoms with Gasteiger partial charge < -0.3 is 10.6 Å². The van der Waals surface area contributed by atoms with Gasteiger partial charge in [-0.1, -0.05) is 32.0 Å². The molecule has 0 saturated heterocycles. The number of nitrogens with one attached hydrogen (secondary N) is 2. The van der Waals surface area contributed by atoms with Crippen LogP contribution in [0, 0.1) is 16.7 Å². The van der Waals surface area contributed by atoms with Crippen LogP contribution in [0.5, 0.6) is 0 Å². The van der Waals surface area contributed by atoms with E-state index in [1.54, 1.807) is 0 Å². The molecule has 0 amide bonds. The minimum absolute atomic E-state index is 0.224. The third-order valence-electron chi connectivity index (χ3n) is 6.04. The van der Waals surface area contributed by atoms with Gasteiger partial charge in [0, 0.05) is 11.2 Å². The van der Waals surface area contributed by atoms with Gasteiger partial charge in [-0.15, -0.1) is 0 Å². The fourth-order valence-electron chi connectivity index (χ4n) is 6.51. The smallest absolute Gasteiger partial charge is 0.171 e. The monoisotopic (exact) mass is 314 g/mol. The Morgan fingerprint density at radius 1 is 1.00 bits per heavy atom. The van der Waals surface area contributed by atoms with E-state index in [9.17, 15) is 0 Å². The first kappa shape index (κ1) is 14.5. The number of hydrogen-bond donors (Lipinski definition) is 2. The summed E-state index contributed by atoms with van der Waals surface area (Å²) in [5.41, 5.74) is 2.33. The van der Waals surface area contributed by atoms with E-state index in [0.29, 0.717) is 10.8 Å². The summed E-state index contributed by atoms with van der Waals surface area (Å²) in [6.45, 7) is 5.00. The normalized spacial score (nSPS) is 42.2. The van der Waals surface area contributed by atoms with Crippen molar-refractivity contribution in [2.75, 3.05) is 5.32 Å². The SMILES string of the molecule is C[C@@]12CC3CC(NC(=S)Nc4ccccc4)(C1)C[C@@](C)(C3)C2. The Hall–Kier alpha value is -1.09. The van der Waals surface area contributed by atoms with E-state index in [1.165, 1.54) is 38.5 Å². The van der Waals surface area contributed by atoms with Crippen molar-refractivity contribution in [3.63, 3.8) is 0 Å². The van der Waals surface area contributed by atoms with Gasteiger partial charge in [-0.2, -0.15) is 0 Å². The van der Waals surface area contributed by atoms with Gasteiger partial charge in [0.05, 0.1) is 0 Å². The molecule has 4 fully saturated rings. The minimum Gasteiger partial charge on any atom is -0.357 e. The summed E-state index contributed by atoms with van der Waals surface area (Å²) in [5, 5.41) is 7.90. The lowest BCUT2D eigenvalue weighted by atomic mass is 9.43. The molecule has 0 spiro atoms. The van der Waals surface area contributed by atoms with Crippen molar-refractivity contribution in [2.45, 2.75) is 57.9 Å². The second kappa shape index (κ2) is 4.70. The van der Waals surface area contributed by atoms with E-state index < -0.39 is 0 Å². The van der Waals surface area contributed by atoms with E-state index in [1.807, 2.05) is 18.2 Å². The molecule has 4 bridgehead atoms. The highest BCUT2D eigenvalue weighted by Gasteiger charge is 2.60. The first-order chi connectivity index (χ1) is 10.4. The van der Waals surface area contributed by atoms with Crippen molar-refractivity contribution in [3.05, 3.63) is 30.3 Å². The van der Waals surface area contributed by atoms with Crippen LogP contribution in [-0.2, 0) is 0 Å². The van der Waals surface area contributed by atoms with Gasteiger partial charge in [0.2, 0.25) is 0 Å². The van der Waals surface area contributed by atoms with Gasteiger partial charge in [-0.05, 0) is 79.6 Å². The molecule has 0 unspecified atom stereocenters. The molecule has 4 aliphatic rings. The fourth-order valence-corrected chi connectivity index (χ4v) is 6.85. The van der Waals surface area contributed by atoms with Crippen LogP contribution >= 0.6 is 12.2 Å². The van der Waals surface area contributed by atoms with Gasteiger partial charge in [0.1, 0.15) is 0 Å². The van der Waals surface area contributed by atoms with Crippen molar-refractivity contribution in [3.8, 4) is 0 Å². The van der Waals surface area contributed by atoms with Gasteiger partial charge in [-0.25, -0.2) is 0 Å². The molecule has 2 nitrogen and oxygen atoms in total. The maximum atomic E-state index is 5.62. The van der Waals surface area contributed by atoms with Crippen molar-refractivity contribution in [1.29, 1.82) is 0 Å². The maximum Gasteiger partial charge on any atom is 0.171 e. The second-order valence-electron chi connectivity index (χ2n) is 8.86. The Morgan fingerprint density at radius 3 is 2.23 bits per heavy atom. The van der Waals surface area contributed by atoms with Gasteiger partial charge in [0.15, 0.2) is 5.11 Å². The Morgan fingerprint density at radius 2 is 1.64 bits per heavy atom. The van der Waals surface area contributed by atoms with Gasteiger partial charge in [-0.3, -0.25) is 0 Å².